The first-order valence-electron chi connectivity index (χ1n) is 7.26. The molecule has 1 fully saturated rings. The van der Waals surface area contributed by atoms with Crippen molar-refractivity contribution in [2.45, 2.75) is 19.3 Å². The number of anilines is 1. The Bertz CT molecular complexity index is 648. The van der Waals surface area contributed by atoms with Crippen molar-refractivity contribution in [1.29, 1.82) is 0 Å². The summed E-state index contributed by atoms with van der Waals surface area (Å²) in [6, 6.07) is 10.6. The van der Waals surface area contributed by atoms with Crippen LogP contribution in [0.5, 0.6) is 0 Å². The first kappa shape index (κ1) is 14.1. The van der Waals surface area contributed by atoms with E-state index >= 15 is 0 Å². The van der Waals surface area contributed by atoms with E-state index < -0.39 is 0 Å². The third kappa shape index (κ3) is 3.27. The molecule has 110 valence electrons. The molecule has 21 heavy (non-hydrogen) atoms. The first-order valence-corrected chi connectivity index (χ1v) is 7.64. The number of rotatable bonds is 3. The molecule has 1 aliphatic rings. The van der Waals surface area contributed by atoms with Gasteiger partial charge < -0.3 is 9.88 Å². The van der Waals surface area contributed by atoms with Gasteiger partial charge in [-0.2, -0.15) is 0 Å². The van der Waals surface area contributed by atoms with Crippen LogP contribution < -0.4 is 10.5 Å². The van der Waals surface area contributed by atoms with Crippen LogP contribution in [-0.4, -0.2) is 23.1 Å². The van der Waals surface area contributed by atoms with E-state index in [2.05, 4.69) is 39.1 Å². The molecule has 4 nitrogen and oxygen atoms in total. The number of aromatic nitrogens is 2. The summed E-state index contributed by atoms with van der Waals surface area (Å²) < 4.78 is 0. The molecular weight excluding hydrogens is 286 g/mol. The van der Waals surface area contributed by atoms with Crippen molar-refractivity contribution in [3.05, 3.63) is 57.6 Å². The van der Waals surface area contributed by atoms with Crippen LogP contribution in [-0.2, 0) is 6.42 Å². The van der Waals surface area contributed by atoms with Gasteiger partial charge in [0, 0.05) is 13.1 Å². The van der Waals surface area contributed by atoms with Crippen molar-refractivity contribution in [2.75, 3.05) is 18.0 Å². The number of benzene rings is 1. The number of piperidine rings is 1. The zero-order valence-corrected chi connectivity index (χ0v) is 12.5. The molecule has 1 saturated heterocycles. The highest BCUT2D eigenvalue weighted by Crippen LogP contribution is 2.27. The maximum Gasteiger partial charge on any atom is 0.271 e. The molecule has 0 spiro atoms. The van der Waals surface area contributed by atoms with Crippen LogP contribution in [0, 0.1) is 5.92 Å². The molecule has 0 unspecified atom stereocenters. The van der Waals surface area contributed by atoms with E-state index in [4.69, 9.17) is 11.6 Å². The van der Waals surface area contributed by atoms with E-state index in [9.17, 15) is 4.79 Å². The summed E-state index contributed by atoms with van der Waals surface area (Å²) in [7, 11) is 0. The number of hydrogen-bond acceptors (Lipinski definition) is 3. The number of halogens is 1. The van der Waals surface area contributed by atoms with Crippen molar-refractivity contribution < 1.29 is 0 Å². The van der Waals surface area contributed by atoms with Gasteiger partial charge in [-0.15, -0.1) is 0 Å². The zero-order valence-electron chi connectivity index (χ0n) is 11.8. The lowest BCUT2D eigenvalue weighted by atomic mass is 9.90. The van der Waals surface area contributed by atoms with Crippen molar-refractivity contribution in [1.82, 2.24) is 9.97 Å². The Morgan fingerprint density at radius 2 is 1.95 bits per heavy atom. The van der Waals surface area contributed by atoms with Crippen molar-refractivity contribution in [3.8, 4) is 0 Å². The Kier molecular flexibility index (Phi) is 4.25. The summed E-state index contributed by atoms with van der Waals surface area (Å²) >= 11 is 6.04. The number of nitrogens with one attached hydrogen (secondary N) is 1. The molecule has 1 N–H and O–H groups in total. The van der Waals surface area contributed by atoms with E-state index in [1.165, 1.54) is 11.9 Å². The summed E-state index contributed by atoms with van der Waals surface area (Å²) in [4.78, 5) is 20.3. The third-order valence-corrected chi connectivity index (χ3v) is 4.40. The molecule has 0 bridgehead atoms. The van der Waals surface area contributed by atoms with Gasteiger partial charge in [0.15, 0.2) is 5.82 Å². The minimum Gasteiger partial charge on any atom is -0.355 e. The summed E-state index contributed by atoms with van der Waals surface area (Å²) in [6.07, 6.45) is 4.73. The zero-order chi connectivity index (χ0) is 14.7. The fourth-order valence-corrected chi connectivity index (χ4v) is 3.11. The molecule has 1 aromatic heterocycles. The van der Waals surface area contributed by atoms with Gasteiger partial charge in [-0.25, -0.2) is 4.98 Å². The molecule has 0 aliphatic carbocycles. The average Bonchev–Trinajstić information content (AvgIpc) is 2.52. The van der Waals surface area contributed by atoms with Crippen LogP contribution in [0.4, 0.5) is 5.82 Å². The van der Waals surface area contributed by atoms with Gasteiger partial charge in [-0.1, -0.05) is 41.9 Å². The van der Waals surface area contributed by atoms with E-state index in [0.717, 1.165) is 32.4 Å². The smallest absolute Gasteiger partial charge is 0.271 e. The number of aromatic amines is 1. The quantitative estimate of drug-likeness (QED) is 0.948. The molecule has 3 rings (SSSR count). The molecule has 0 atom stereocenters. The second-order valence-electron chi connectivity index (χ2n) is 5.49. The Morgan fingerprint density at radius 3 is 2.67 bits per heavy atom. The van der Waals surface area contributed by atoms with E-state index in [-0.39, 0.29) is 10.6 Å². The number of nitrogens with zero attached hydrogens (tertiary/aromatic N) is 2. The van der Waals surface area contributed by atoms with Crippen LogP contribution in [0.2, 0.25) is 5.02 Å². The topological polar surface area (TPSA) is 49.0 Å². The minimum absolute atomic E-state index is 0.194. The molecule has 5 heteroatoms. The molecule has 2 aromatic rings. The first-order chi connectivity index (χ1) is 10.2. The molecular formula is C16H18ClN3O. The Hall–Kier alpha value is -1.81. The molecule has 0 amide bonds. The summed E-state index contributed by atoms with van der Waals surface area (Å²) in [5, 5.41) is 0.194. The van der Waals surface area contributed by atoms with Gasteiger partial charge in [0.2, 0.25) is 0 Å². The number of hydrogen-bond donors (Lipinski definition) is 1. The van der Waals surface area contributed by atoms with Gasteiger partial charge in [-0.3, -0.25) is 4.79 Å². The molecule has 0 radical (unpaired) electrons. The van der Waals surface area contributed by atoms with E-state index in [0.29, 0.717) is 11.7 Å². The van der Waals surface area contributed by atoms with Crippen LogP contribution >= 0.6 is 11.6 Å². The third-order valence-electron chi connectivity index (χ3n) is 4.06. The molecule has 2 heterocycles. The second-order valence-corrected chi connectivity index (χ2v) is 5.87. The predicted octanol–water partition coefficient (Wildman–Crippen LogP) is 2.88. The van der Waals surface area contributed by atoms with E-state index in [1.54, 1.807) is 0 Å². The maximum atomic E-state index is 11.5. The lowest BCUT2D eigenvalue weighted by molar-refractivity contribution is 0.402. The highest BCUT2D eigenvalue weighted by Gasteiger charge is 2.22. The average molecular weight is 304 g/mol. The normalized spacial score (nSPS) is 16.1. The Labute approximate surface area is 128 Å². The van der Waals surface area contributed by atoms with Crippen molar-refractivity contribution in [3.63, 3.8) is 0 Å². The maximum absolute atomic E-state index is 11.5. The number of H-pyrrole nitrogens is 1. The molecule has 0 saturated carbocycles. The highest BCUT2D eigenvalue weighted by molar-refractivity contribution is 6.32. The van der Waals surface area contributed by atoms with Crippen molar-refractivity contribution >= 4 is 17.4 Å². The van der Waals surface area contributed by atoms with Gasteiger partial charge in [-0.05, 0) is 30.7 Å². The van der Waals surface area contributed by atoms with Gasteiger partial charge >= 0.3 is 0 Å². The monoisotopic (exact) mass is 303 g/mol. The standard InChI is InChI=1S/C16H18ClN3O/c17-14-15(18-11-19-16(14)21)20-8-6-13(7-9-20)10-12-4-2-1-3-5-12/h1-5,11,13H,6-10H2,(H,18,19,21). The van der Waals surface area contributed by atoms with Gasteiger partial charge in [0.05, 0.1) is 6.33 Å². The van der Waals surface area contributed by atoms with Crippen LogP contribution in [0.25, 0.3) is 0 Å². The lowest BCUT2D eigenvalue weighted by Crippen LogP contribution is -2.35. The largest absolute Gasteiger partial charge is 0.355 e. The van der Waals surface area contributed by atoms with Crippen LogP contribution in [0.1, 0.15) is 18.4 Å². The van der Waals surface area contributed by atoms with E-state index in [1.807, 2.05) is 6.07 Å². The minimum atomic E-state index is -0.270. The predicted molar refractivity (Wildman–Crippen MR) is 85.0 cm³/mol. The van der Waals surface area contributed by atoms with Gasteiger partial charge in [0.1, 0.15) is 5.02 Å². The highest BCUT2D eigenvalue weighted by atomic mass is 35.5. The summed E-state index contributed by atoms with van der Waals surface area (Å²) in [6.45, 7) is 1.79. The molecule has 1 aromatic carbocycles. The fraction of sp³-hybridized carbons (Fsp3) is 0.375. The Morgan fingerprint density at radius 1 is 1.24 bits per heavy atom. The fourth-order valence-electron chi connectivity index (χ4n) is 2.89. The molecule has 1 aliphatic heterocycles. The SMILES string of the molecule is O=c1[nH]cnc(N2CCC(Cc3ccccc3)CC2)c1Cl. The summed E-state index contributed by atoms with van der Waals surface area (Å²) in [5.41, 5.74) is 1.12. The lowest BCUT2D eigenvalue weighted by Gasteiger charge is -2.33. The second kappa shape index (κ2) is 6.31. The van der Waals surface area contributed by atoms with Gasteiger partial charge in [0.25, 0.3) is 5.56 Å². The van der Waals surface area contributed by atoms with Crippen LogP contribution in [0.3, 0.4) is 0 Å². The van der Waals surface area contributed by atoms with Crippen molar-refractivity contribution in [2.24, 2.45) is 5.92 Å². The Balaban J connectivity index is 1.63. The van der Waals surface area contributed by atoms with Crippen LogP contribution in [0.15, 0.2) is 41.5 Å². The summed E-state index contributed by atoms with van der Waals surface area (Å²) in [5.74, 6) is 1.29.